The van der Waals surface area contributed by atoms with Crippen LogP contribution < -0.4 is 5.32 Å². The van der Waals surface area contributed by atoms with E-state index in [9.17, 15) is 4.79 Å². The smallest absolute Gasteiger partial charge is 0.230 e. The van der Waals surface area contributed by atoms with Crippen LogP contribution in [0.15, 0.2) is 29.4 Å². The Labute approximate surface area is 81.6 Å². The van der Waals surface area contributed by atoms with E-state index in [2.05, 4.69) is 15.3 Å². The van der Waals surface area contributed by atoms with Crippen LogP contribution in [0.3, 0.4) is 0 Å². The summed E-state index contributed by atoms with van der Waals surface area (Å²) in [4.78, 5) is 15.9. The van der Waals surface area contributed by atoms with E-state index in [1.54, 1.807) is 0 Å². The number of fused-ring (bicyclic) bond motifs is 1. The van der Waals surface area contributed by atoms with Crippen molar-refractivity contribution < 1.29 is 9.63 Å². The van der Waals surface area contributed by atoms with Crippen LogP contribution in [0.1, 0.15) is 11.1 Å². The second kappa shape index (κ2) is 3.49. The highest BCUT2D eigenvalue weighted by molar-refractivity contribution is 6.12. The first-order chi connectivity index (χ1) is 6.81. The summed E-state index contributed by atoms with van der Waals surface area (Å²) in [6.07, 6.45) is 0.402. The van der Waals surface area contributed by atoms with Crippen LogP contribution in [-0.4, -0.2) is 18.9 Å². The van der Waals surface area contributed by atoms with Crippen LogP contribution in [0.4, 0.5) is 0 Å². The molecular weight excluding hydrogens is 180 g/mol. The molecule has 14 heavy (non-hydrogen) atoms. The topological polar surface area (TPSA) is 50.7 Å². The summed E-state index contributed by atoms with van der Waals surface area (Å²) in [5.41, 5.74) is 1.90. The second-order valence-electron chi connectivity index (χ2n) is 3.00. The molecular formula is C10H10N2O2. The maximum absolute atomic E-state index is 11.3. The lowest BCUT2D eigenvalue weighted by Crippen LogP contribution is -2.37. The van der Waals surface area contributed by atoms with E-state index in [1.807, 2.05) is 24.3 Å². The molecule has 0 bridgehead atoms. The highest BCUT2D eigenvalue weighted by Crippen LogP contribution is 2.14. The highest BCUT2D eigenvalue weighted by atomic mass is 16.6. The number of hydrogen-bond acceptors (Lipinski definition) is 3. The predicted molar refractivity (Wildman–Crippen MR) is 51.8 cm³/mol. The molecule has 72 valence electrons. The summed E-state index contributed by atoms with van der Waals surface area (Å²) < 4.78 is 0. The molecule has 0 radical (unpaired) electrons. The first-order valence-corrected chi connectivity index (χ1v) is 4.30. The van der Waals surface area contributed by atoms with Gasteiger partial charge in [-0.15, -0.1) is 0 Å². The Morgan fingerprint density at radius 2 is 2.21 bits per heavy atom. The fourth-order valence-corrected chi connectivity index (χ4v) is 1.49. The first kappa shape index (κ1) is 8.74. The zero-order valence-corrected chi connectivity index (χ0v) is 7.78. The molecule has 1 aliphatic heterocycles. The minimum atomic E-state index is -0.0560. The lowest BCUT2D eigenvalue weighted by molar-refractivity contribution is -0.119. The number of oxime groups is 1. The molecule has 0 aliphatic carbocycles. The molecule has 4 heteroatoms. The third kappa shape index (κ3) is 1.46. The van der Waals surface area contributed by atoms with Crippen LogP contribution in [0.25, 0.3) is 0 Å². The van der Waals surface area contributed by atoms with Gasteiger partial charge in [-0.3, -0.25) is 4.79 Å². The van der Waals surface area contributed by atoms with E-state index in [0.29, 0.717) is 12.3 Å². The Hall–Kier alpha value is -1.84. The van der Waals surface area contributed by atoms with Gasteiger partial charge >= 0.3 is 0 Å². The Kier molecular flexibility index (Phi) is 2.18. The molecule has 4 nitrogen and oxygen atoms in total. The summed E-state index contributed by atoms with van der Waals surface area (Å²) in [7, 11) is 1.45. The number of carbonyl (C=O) groups is 1. The van der Waals surface area contributed by atoms with E-state index in [1.165, 1.54) is 7.11 Å². The van der Waals surface area contributed by atoms with Crippen LogP contribution >= 0.6 is 0 Å². The molecule has 0 spiro atoms. The molecule has 1 aliphatic rings. The number of hydrogen-bond donors (Lipinski definition) is 1. The molecule has 0 aromatic heterocycles. The predicted octanol–water partition coefficient (Wildman–Crippen LogP) is 0.667. The standard InChI is InChI=1S/C10H10N2O2/c1-14-12-10-8-5-3-2-4-7(8)6-9(13)11-10/h2-5H,6H2,1H3,(H,11,12,13). The summed E-state index contributed by atoms with van der Waals surface area (Å²) in [6.45, 7) is 0. The fourth-order valence-electron chi connectivity index (χ4n) is 1.49. The zero-order chi connectivity index (χ0) is 9.97. The lowest BCUT2D eigenvalue weighted by atomic mass is 10.00. The third-order valence-electron chi connectivity index (χ3n) is 2.06. The van der Waals surface area contributed by atoms with Crippen LogP contribution in [0.2, 0.25) is 0 Å². The van der Waals surface area contributed by atoms with E-state index in [-0.39, 0.29) is 5.91 Å². The minimum absolute atomic E-state index is 0.0560. The van der Waals surface area contributed by atoms with Gasteiger partial charge in [-0.25, -0.2) is 0 Å². The molecule has 1 amide bonds. The van der Waals surface area contributed by atoms with Crippen molar-refractivity contribution in [1.29, 1.82) is 0 Å². The van der Waals surface area contributed by atoms with Gasteiger partial charge in [0.1, 0.15) is 7.11 Å². The van der Waals surface area contributed by atoms with E-state index in [4.69, 9.17) is 0 Å². The average molecular weight is 190 g/mol. The first-order valence-electron chi connectivity index (χ1n) is 4.30. The van der Waals surface area contributed by atoms with Gasteiger partial charge in [-0.1, -0.05) is 29.4 Å². The minimum Gasteiger partial charge on any atom is -0.397 e. The maximum Gasteiger partial charge on any atom is 0.230 e. The SMILES string of the molecule is CO/N=C1/NC(=O)Cc2ccccc21. The van der Waals surface area contributed by atoms with E-state index < -0.39 is 0 Å². The van der Waals surface area contributed by atoms with Crippen molar-refractivity contribution in [3.8, 4) is 0 Å². The Bertz CT molecular complexity index is 399. The molecule has 0 fully saturated rings. The molecule has 0 unspecified atom stereocenters. The lowest BCUT2D eigenvalue weighted by Gasteiger charge is -2.17. The number of amidine groups is 1. The number of carbonyl (C=O) groups excluding carboxylic acids is 1. The number of nitrogens with one attached hydrogen (secondary N) is 1. The second-order valence-corrected chi connectivity index (χ2v) is 3.00. The van der Waals surface area contributed by atoms with Crippen LogP contribution in [0, 0.1) is 0 Å². The molecule has 1 aromatic rings. The Balaban J connectivity index is 2.48. The molecule has 1 aromatic carbocycles. The number of rotatable bonds is 1. The third-order valence-corrected chi connectivity index (χ3v) is 2.06. The van der Waals surface area contributed by atoms with Crippen molar-refractivity contribution >= 4 is 11.7 Å². The van der Waals surface area contributed by atoms with Gasteiger partial charge in [0, 0.05) is 5.56 Å². The van der Waals surface area contributed by atoms with E-state index >= 15 is 0 Å². The largest absolute Gasteiger partial charge is 0.397 e. The zero-order valence-electron chi connectivity index (χ0n) is 7.78. The summed E-state index contributed by atoms with van der Waals surface area (Å²) >= 11 is 0. The maximum atomic E-state index is 11.3. The van der Waals surface area contributed by atoms with Crippen molar-refractivity contribution in [3.05, 3.63) is 35.4 Å². The number of benzene rings is 1. The van der Waals surface area contributed by atoms with Gasteiger partial charge in [0.25, 0.3) is 0 Å². The highest BCUT2D eigenvalue weighted by Gasteiger charge is 2.20. The Morgan fingerprint density at radius 1 is 1.43 bits per heavy atom. The van der Waals surface area contributed by atoms with Crippen molar-refractivity contribution in [3.63, 3.8) is 0 Å². The summed E-state index contributed by atoms with van der Waals surface area (Å²) in [5.74, 6) is 0.429. The Morgan fingerprint density at radius 3 is 3.00 bits per heavy atom. The summed E-state index contributed by atoms with van der Waals surface area (Å²) in [5, 5.41) is 6.42. The van der Waals surface area contributed by atoms with Gasteiger partial charge in [-0.05, 0) is 5.56 Å². The summed E-state index contributed by atoms with van der Waals surface area (Å²) in [6, 6.07) is 7.63. The van der Waals surface area contributed by atoms with E-state index in [0.717, 1.165) is 11.1 Å². The fraction of sp³-hybridized carbons (Fsp3) is 0.200. The van der Waals surface area contributed by atoms with Crippen molar-refractivity contribution in [2.24, 2.45) is 5.16 Å². The average Bonchev–Trinajstić information content (AvgIpc) is 2.18. The van der Waals surface area contributed by atoms with Crippen molar-refractivity contribution in [1.82, 2.24) is 5.32 Å². The van der Waals surface area contributed by atoms with Gasteiger partial charge in [0.2, 0.25) is 5.91 Å². The molecule has 1 N–H and O–H groups in total. The normalized spacial score (nSPS) is 17.5. The molecule has 0 saturated heterocycles. The van der Waals surface area contributed by atoms with Crippen LogP contribution in [0.5, 0.6) is 0 Å². The van der Waals surface area contributed by atoms with Crippen LogP contribution in [-0.2, 0) is 16.1 Å². The quantitative estimate of drug-likeness (QED) is 0.661. The van der Waals surface area contributed by atoms with Gasteiger partial charge in [-0.2, -0.15) is 0 Å². The number of amides is 1. The van der Waals surface area contributed by atoms with Crippen molar-refractivity contribution in [2.45, 2.75) is 6.42 Å². The van der Waals surface area contributed by atoms with Gasteiger partial charge < -0.3 is 10.2 Å². The van der Waals surface area contributed by atoms with Crippen molar-refractivity contribution in [2.75, 3.05) is 7.11 Å². The molecule has 0 atom stereocenters. The molecule has 0 saturated carbocycles. The van der Waals surface area contributed by atoms with Gasteiger partial charge in [0.05, 0.1) is 6.42 Å². The molecule has 2 rings (SSSR count). The molecule has 1 heterocycles. The monoisotopic (exact) mass is 190 g/mol. The van der Waals surface area contributed by atoms with Gasteiger partial charge in [0.15, 0.2) is 5.84 Å². The number of nitrogens with zero attached hydrogens (tertiary/aromatic N) is 1.